The molecule has 0 fully saturated rings. The van der Waals surface area contributed by atoms with Gasteiger partial charge in [0.15, 0.2) is 0 Å². The molecule has 2 aromatic rings. The summed E-state index contributed by atoms with van der Waals surface area (Å²) < 4.78 is 1.10. The lowest BCUT2D eigenvalue weighted by Crippen LogP contribution is -2.14. The van der Waals surface area contributed by atoms with Crippen molar-refractivity contribution in [1.82, 2.24) is 0 Å². The van der Waals surface area contributed by atoms with E-state index in [4.69, 9.17) is 5.73 Å². The summed E-state index contributed by atoms with van der Waals surface area (Å²) in [6.45, 7) is 2.08. The van der Waals surface area contributed by atoms with Crippen LogP contribution in [0.4, 0.5) is 0 Å². The molecule has 0 amide bonds. The fourth-order valence-corrected chi connectivity index (χ4v) is 2.70. The van der Waals surface area contributed by atoms with Crippen LogP contribution in [0.5, 0.6) is 0 Å². The zero-order valence-corrected chi connectivity index (χ0v) is 11.4. The van der Waals surface area contributed by atoms with Gasteiger partial charge in [-0.1, -0.05) is 58.4 Å². The Hall–Kier alpha value is -1.12. The summed E-state index contributed by atoms with van der Waals surface area (Å²) >= 11 is 3.58. The Bertz CT molecular complexity index is 494. The summed E-state index contributed by atoms with van der Waals surface area (Å²) in [5.41, 5.74) is 9.93. The van der Waals surface area contributed by atoms with Gasteiger partial charge in [-0.25, -0.2) is 0 Å². The Kier molecular flexibility index (Phi) is 3.97. The minimum Gasteiger partial charge on any atom is -0.324 e. The largest absolute Gasteiger partial charge is 0.324 e. The number of hydrogen-bond acceptors (Lipinski definition) is 1. The molecule has 0 spiro atoms. The second-order valence-electron chi connectivity index (χ2n) is 4.32. The van der Waals surface area contributed by atoms with Gasteiger partial charge in [-0.2, -0.15) is 0 Å². The summed E-state index contributed by atoms with van der Waals surface area (Å²) in [5.74, 6) is 0. The van der Waals surface area contributed by atoms with Crippen LogP contribution in [0.3, 0.4) is 0 Å². The first-order valence-corrected chi connectivity index (χ1v) is 6.51. The highest BCUT2D eigenvalue weighted by Gasteiger charge is 2.10. The number of aryl methyl sites for hydroxylation is 1. The third kappa shape index (κ3) is 3.18. The zero-order valence-electron chi connectivity index (χ0n) is 9.86. The third-order valence-corrected chi connectivity index (χ3v) is 3.54. The van der Waals surface area contributed by atoms with E-state index in [0.717, 1.165) is 10.9 Å². The summed E-state index contributed by atoms with van der Waals surface area (Å²) in [7, 11) is 0. The lowest BCUT2D eigenvalue weighted by atomic mass is 9.99. The zero-order chi connectivity index (χ0) is 12.3. The number of nitrogens with two attached hydrogens (primary N) is 1. The molecule has 0 saturated heterocycles. The fourth-order valence-electron chi connectivity index (χ4n) is 1.91. The molecule has 0 radical (unpaired) electrons. The van der Waals surface area contributed by atoms with Gasteiger partial charge in [0, 0.05) is 10.5 Å². The van der Waals surface area contributed by atoms with Crippen molar-refractivity contribution < 1.29 is 0 Å². The third-order valence-electron chi connectivity index (χ3n) is 2.85. The van der Waals surface area contributed by atoms with Crippen LogP contribution in [0.25, 0.3) is 0 Å². The Morgan fingerprint density at radius 2 is 1.82 bits per heavy atom. The fraction of sp³-hybridized carbons (Fsp3) is 0.200. The average molecular weight is 290 g/mol. The van der Waals surface area contributed by atoms with E-state index in [9.17, 15) is 0 Å². The summed E-state index contributed by atoms with van der Waals surface area (Å²) in [4.78, 5) is 0. The molecule has 0 bridgehead atoms. The average Bonchev–Trinajstić information content (AvgIpc) is 2.30. The van der Waals surface area contributed by atoms with Crippen LogP contribution in [0.2, 0.25) is 0 Å². The highest BCUT2D eigenvalue weighted by Crippen LogP contribution is 2.25. The van der Waals surface area contributed by atoms with Gasteiger partial charge in [0.25, 0.3) is 0 Å². The monoisotopic (exact) mass is 289 g/mol. The molecule has 0 aliphatic heterocycles. The topological polar surface area (TPSA) is 26.0 Å². The Balaban J connectivity index is 2.17. The molecule has 2 heteroatoms. The number of benzene rings is 2. The van der Waals surface area contributed by atoms with Crippen LogP contribution in [0, 0.1) is 6.92 Å². The molecule has 0 aromatic heterocycles. The lowest BCUT2D eigenvalue weighted by Gasteiger charge is -2.14. The van der Waals surface area contributed by atoms with Crippen LogP contribution >= 0.6 is 15.9 Å². The Morgan fingerprint density at radius 1 is 1.12 bits per heavy atom. The first-order chi connectivity index (χ1) is 8.16. The Labute approximate surface area is 111 Å². The molecule has 1 unspecified atom stereocenters. The minimum absolute atomic E-state index is 0.0346. The molecular weight excluding hydrogens is 274 g/mol. The predicted octanol–water partition coefficient (Wildman–Crippen LogP) is 4.00. The van der Waals surface area contributed by atoms with Crippen LogP contribution in [0.15, 0.2) is 53.0 Å². The molecular formula is C15H16BrN. The van der Waals surface area contributed by atoms with Gasteiger partial charge in [0.1, 0.15) is 0 Å². The highest BCUT2D eigenvalue weighted by atomic mass is 79.9. The summed E-state index contributed by atoms with van der Waals surface area (Å²) in [6, 6.07) is 16.7. The standard InChI is InChI=1S/C15H16BrN/c1-11-7-8-13(14(16)9-11)15(17)10-12-5-3-2-4-6-12/h2-9,15H,10,17H2,1H3. The summed E-state index contributed by atoms with van der Waals surface area (Å²) in [6.07, 6.45) is 0.864. The number of hydrogen-bond donors (Lipinski definition) is 1. The van der Waals surface area contributed by atoms with E-state index in [1.54, 1.807) is 0 Å². The molecule has 17 heavy (non-hydrogen) atoms. The molecule has 2 rings (SSSR count). The van der Waals surface area contributed by atoms with Crippen molar-refractivity contribution in [3.8, 4) is 0 Å². The second-order valence-corrected chi connectivity index (χ2v) is 5.18. The van der Waals surface area contributed by atoms with E-state index >= 15 is 0 Å². The molecule has 0 aliphatic carbocycles. The van der Waals surface area contributed by atoms with Crippen LogP contribution in [0.1, 0.15) is 22.7 Å². The van der Waals surface area contributed by atoms with E-state index in [0.29, 0.717) is 0 Å². The Morgan fingerprint density at radius 3 is 2.47 bits per heavy atom. The minimum atomic E-state index is 0.0346. The first-order valence-electron chi connectivity index (χ1n) is 5.72. The van der Waals surface area contributed by atoms with Crippen molar-refractivity contribution in [2.75, 3.05) is 0 Å². The van der Waals surface area contributed by atoms with E-state index in [2.05, 4.69) is 53.2 Å². The molecule has 1 atom stereocenters. The van der Waals surface area contributed by atoms with Crippen molar-refractivity contribution in [2.45, 2.75) is 19.4 Å². The molecule has 1 nitrogen and oxygen atoms in total. The first kappa shape index (κ1) is 12.3. The van der Waals surface area contributed by atoms with E-state index < -0.39 is 0 Å². The lowest BCUT2D eigenvalue weighted by molar-refractivity contribution is 0.718. The second kappa shape index (κ2) is 5.48. The molecule has 2 aromatic carbocycles. The van der Waals surface area contributed by atoms with Crippen LogP contribution in [-0.4, -0.2) is 0 Å². The van der Waals surface area contributed by atoms with Gasteiger partial charge in [0.2, 0.25) is 0 Å². The van der Waals surface area contributed by atoms with E-state index in [1.165, 1.54) is 16.7 Å². The summed E-state index contributed by atoms with van der Waals surface area (Å²) in [5, 5.41) is 0. The molecule has 0 saturated carbocycles. The maximum atomic E-state index is 6.25. The van der Waals surface area contributed by atoms with Crippen LogP contribution < -0.4 is 5.73 Å². The van der Waals surface area contributed by atoms with Gasteiger partial charge < -0.3 is 5.73 Å². The number of rotatable bonds is 3. The van der Waals surface area contributed by atoms with Crippen LogP contribution in [-0.2, 0) is 6.42 Å². The normalized spacial score (nSPS) is 12.4. The van der Waals surface area contributed by atoms with E-state index in [-0.39, 0.29) is 6.04 Å². The number of halogens is 1. The molecule has 0 heterocycles. The highest BCUT2D eigenvalue weighted by molar-refractivity contribution is 9.10. The van der Waals surface area contributed by atoms with Crippen molar-refractivity contribution in [3.63, 3.8) is 0 Å². The molecule has 0 aliphatic rings. The van der Waals surface area contributed by atoms with Gasteiger partial charge in [-0.3, -0.25) is 0 Å². The smallest absolute Gasteiger partial charge is 0.0347 e. The molecule has 88 valence electrons. The van der Waals surface area contributed by atoms with Crippen molar-refractivity contribution in [1.29, 1.82) is 0 Å². The van der Waals surface area contributed by atoms with Crippen molar-refractivity contribution in [3.05, 3.63) is 69.7 Å². The van der Waals surface area contributed by atoms with Gasteiger partial charge in [-0.05, 0) is 36.1 Å². The maximum Gasteiger partial charge on any atom is 0.0347 e. The van der Waals surface area contributed by atoms with Gasteiger partial charge >= 0.3 is 0 Å². The maximum absolute atomic E-state index is 6.25. The SMILES string of the molecule is Cc1ccc(C(N)Cc2ccccc2)c(Br)c1. The van der Waals surface area contributed by atoms with Gasteiger partial charge in [0.05, 0.1) is 0 Å². The van der Waals surface area contributed by atoms with E-state index in [1.807, 2.05) is 18.2 Å². The van der Waals surface area contributed by atoms with Crippen molar-refractivity contribution >= 4 is 15.9 Å². The predicted molar refractivity (Wildman–Crippen MR) is 76.0 cm³/mol. The van der Waals surface area contributed by atoms with Crippen molar-refractivity contribution in [2.24, 2.45) is 5.73 Å². The van der Waals surface area contributed by atoms with Gasteiger partial charge in [-0.15, -0.1) is 0 Å². The molecule has 2 N–H and O–H groups in total. The quantitative estimate of drug-likeness (QED) is 0.908.